The van der Waals surface area contributed by atoms with Crippen LogP contribution in [0.5, 0.6) is 5.88 Å². The average molecular weight is 410 g/mol. The Bertz CT molecular complexity index is 1240. The van der Waals surface area contributed by atoms with E-state index in [1.54, 1.807) is 31.2 Å². The Morgan fingerprint density at radius 2 is 1.77 bits per heavy atom. The monoisotopic (exact) mass is 410 g/mol. The zero-order chi connectivity index (χ0) is 21.4. The van der Waals surface area contributed by atoms with Crippen molar-refractivity contribution in [3.63, 3.8) is 0 Å². The number of benzene rings is 2. The minimum atomic E-state index is -0.943. The number of H-pyrrole nitrogens is 1. The molecule has 2 heterocycles. The van der Waals surface area contributed by atoms with Crippen LogP contribution >= 0.6 is 0 Å². The third-order valence-electron chi connectivity index (χ3n) is 4.75. The highest BCUT2D eigenvalue weighted by Crippen LogP contribution is 2.34. The van der Waals surface area contributed by atoms with Crippen LogP contribution in [-0.2, 0) is 4.79 Å². The zero-order valence-electron chi connectivity index (χ0n) is 15.6. The van der Waals surface area contributed by atoms with E-state index in [1.807, 2.05) is 0 Å². The molecule has 1 atom stereocenters. The molecule has 0 aliphatic heterocycles. The molecular formula is C21H16F2N4O3. The van der Waals surface area contributed by atoms with Crippen LogP contribution in [-0.4, -0.2) is 31.1 Å². The summed E-state index contributed by atoms with van der Waals surface area (Å²) >= 11 is 0. The first-order chi connectivity index (χ1) is 14.3. The Morgan fingerprint density at radius 1 is 1.10 bits per heavy atom. The Morgan fingerprint density at radius 3 is 2.40 bits per heavy atom. The Labute approximate surface area is 169 Å². The van der Waals surface area contributed by atoms with E-state index in [0.29, 0.717) is 11.3 Å². The number of anilines is 2. The van der Waals surface area contributed by atoms with Crippen LogP contribution in [0.25, 0.3) is 22.3 Å². The number of carbonyl (C=O) groups is 1. The summed E-state index contributed by atoms with van der Waals surface area (Å²) in [5, 5.41) is 22.5. The molecule has 0 saturated carbocycles. The number of fused-ring (bicyclic) bond motifs is 1. The quantitative estimate of drug-likeness (QED) is 0.384. The molecule has 30 heavy (non-hydrogen) atoms. The number of carboxylic acids is 1. The molecule has 7 nitrogen and oxygen atoms in total. The minimum absolute atomic E-state index is 0.135. The van der Waals surface area contributed by atoms with Crippen LogP contribution in [0.1, 0.15) is 18.4 Å². The third-order valence-corrected chi connectivity index (χ3v) is 4.75. The molecule has 0 aliphatic rings. The smallest absolute Gasteiger partial charge is 0.310 e. The van der Waals surface area contributed by atoms with Gasteiger partial charge in [-0.2, -0.15) is 0 Å². The summed E-state index contributed by atoms with van der Waals surface area (Å²) in [6, 6.07) is 10.0. The van der Waals surface area contributed by atoms with Gasteiger partial charge in [-0.1, -0.05) is 18.2 Å². The highest BCUT2D eigenvalue weighted by molar-refractivity contribution is 5.96. The number of halogens is 2. The maximum Gasteiger partial charge on any atom is 0.310 e. The molecule has 0 saturated heterocycles. The molecular weight excluding hydrogens is 394 g/mol. The molecule has 2 aromatic heterocycles. The molecule has 4 N–H and O–H groups in total. The van der Waals surface area contributed by atoms with Gasteiger partial charge in [0.25, 0.3) is 0 Å². The molecule has 152 valence electrons. The van der Waals surface area contributed by atoms with Crippen LogP contribution in [0.3, 0.4) is 0 Å². The number of aromatic amines is 1. The lowest BCUT2D eigenvalue weighted by Crippen LogP contribution is -2.07. The number of hydrogen-bond acceptors (Lipinski definition) is 5. The fourth-order valence-corrected chi connectivity index (χ4v) is 3.07. The van der Waals surface area contributed by atoms with E-state index < -0.39 is 23.5 Å². The van der Waals surface area contributed by atoms with Crippen LogP contribution in [0.15, 0.2) is 48.7 Å². The zero-order valence-corrected chi connectivity index (χ0v) is 15.6. The molecule has 0 aliphatic carbocycles. The molecule has 1 unspecified atom stereocenters. The number of rotatable bonds is 5. The summed E-state index contributed by atoms with van der Waals surface area (Å²) in [6.45, 7) is 1.58. The van der Waals surface area contributed by atoms with Crippen molar-refractivity contribution in [1.29, 1.82) is 0 Å². The van der Waals surface area contributed by atoms with Crippen molar-refractivity contribution in [2.75, 3.05) is 5.32 Å². The van der Waals surface area contributed by atoms with Crippen molar-refractivity contribution >= 4 is 28.4 Å². The summed E-state index contributed by atoms with van der Waals surface area (Å²) in [5.41, 5.74) is 1.03. The van der Waals surface area contributed by atoms with Gasteiger partial charge < -0.3 is 20.5 Å². The lowest BCUT2D eigenvalue weighted by atomic mass is 10.0. The summed E-state index contributed by atoms with van der Waals surface area (Å²) in [5.74, 6) is -3.49. The molecule has 0 spiro atoms. The molecule has 4 aromatic rings. The molecule has 0 amide bonds. The number of hydrogen-bond donors (Lipinski definition) is 4. The van der Waals surface area contributed by atoms with E-state index >= 15 is 0 Å². The van der Waals surface area contributed by atoms with Crippen LogP contribution in [0.4, 0.5) is 20.3 Å². The van der Waals surface area contributed by atoms with E-state index in [2.05, 4.69) is 20.3 Å². The first kappa shape index (κ1) is 19.3. The molecule has 0 fully saturated rings. The molecule has 2 aromatic carbocycles. The maximum atomic E-state index is 14.2. The molecule has 0 radical (unpaired) electrons. The normalized spacial score (nSPS) is 12.1. The van der Waals surface area contributed by atoms with E-state index in [0.717, 1.165) is 12.1 Å². The Balaban J connectivity index is 1.78. The summed E-state index contributed by atoms with van der Waals surface area (Å²) in [6.07, 6.45) is 1.40. The summed E-state index contributed by atoms with van der Waals surface area (Å²) in [7, 11) is 0. The minimum Gasteiger partial charge on any atom is -0.494 e. The van der Waals surface area contributed by atoms with Gasteiger partial charge >= 0.3 is 5.97 Å². The number of nitrogens with zero attached hydrogens (tertiary/aromatic N) is 2. The van der Waals surface area contributed by atoms with E-state index in [9.17, 15) is 18.7 Å². The van der Waals surface area contributed by atoms with Gasteiger partial charge in [-0.3, -0.25) is 4.79 Å². The van der Waals surface area contributed by atoms with Gasteiger partial charge in [-0.15, -0.1) is 0 Å². The SMILES string of the molecule is CC(C(=O)O)c1ccc(Nc2nc(-c3c(F)cccc3F)nc3c[nH]c(O)c23)cc1. The fraction of sp³-hybridized carbons (Fsp3) is 0.0952. The average Bonchev–Trinajstić information content (AvgIpc) is 3.09. The van der Waals surface area contributed by atoms with Gasteiger partial charge in [0.15, 0.2) is 5.82 Å². The van der Waals surface area contributed by atoms with Gasteiger partial charge in [0, 0.05) is 11.9 Å². The van der Waals surface area contributed by atoms with Gasteiger partial charge in [-0.25, -0.2) is 18.7 Å². The van der Waals surface area contributed by atoms with Crippen LogP contribution in [0.2, 0.25) is 0 Å². The van der Waals surface area contributed by atoms with Gasteiger partial charge in [-0.05, 0) is 36.8 Å². The Hall–Kier alpha value is -4.01. The number of aromatic nitrogens is 3. The predicted molar refractivity (Wildman–Crippen MR) is 107 cm³/mol. The van der Waals surface area contributed by atoms with E-state index in [-0.39, 0.29) is 34.0 Å². The number of aromatic hydroxyl groups is 1. The molecule has 9 heteroatoms. The van der Waals surface area contributed by atoms with Crippen molar-refractivity contribution in [1.82, 2.24) is 15.0 Å². The topological polar surface area (TPSA) is 111 Å². The lowest BCUT2D eigenvalue weighted by Gasteiger charge is -2.12. The number of carboxylic acid groups (broad SMARTS) is 1. The predicted octanol–water partition coefficient (Wildman–Crippen LogP) is 4.54. The highest BCUT2D eigenvalue weighted by atomic mass is 19.1. The second-order valence-electron chi connectivity index (χ2n) is 6.70. The van der Waals surface area contributed by atoms with Crippen molar-refractivity contribution < 1.29 is 23.8 Å². The summed E-state index contributed by atoms with van der Waals surface area (Å²) in [4.78, 5) is 22.1. The largest absolute Gasteiger partial charge is 0.494 e. The van der Waals surface area contributed by atoms with Gasteiger partial charge in [0.1, 0.15) is 22.8 Å². The highest BCUT2D eigenvalue weighted by Gasteiger charge is 2.20. The van der Waals surface area contributed by atoms with Crippen molar-refractivity contribution in [2.24, 2.45) is 0 Å². The Kier molecular flexibility index (Phi) is 4.78. The third kappa shape index (κ3) is 3.41. The maximum absolute atomic E-state index is 14.2. The standard InChI is InChI=1S/C21H16F2N4O3/c1-10(21(29)30)11-5-7-12(8-6-11)25-19-17-15(9-24-20(17)28)26-18(27-19)16-13(22)3-2-4-14(16)23/h2-10,24,28H,1H3,(H,29,30)(H,25,26,27). The molecule has 4 rings (SSSR count). The van der Waals surface area contributed by atoms with Crippen molar-refractivity contribution in [2.45, 2.75) is 12.8 Å². The number of nitrogens with one attached hydrogen (secondary N) is 2. The van der Waals surface area contributed by atoms with Crippen molar-refractivity contribution in [3.05, 3.63) is 65.9 Å². The first-order valence-corrected chi connectivity index (χ1v) is 8.97. The van der Waals surface area contributed by atoms with Crippen molar-refractivity contribution in [3.8, 4) is 17.3 Å². The van der Waals surface area contributed by atoms with Gasteiger partial charge in [0.05, 0.1) is 17.0 Å². The van der Waals surface area contributed by atoms with Gasteiger partial charge in [0.2, 0.25) is 5.88 Å². The lowest BCUT2D eigenvalue weighted by molar-refractivity contribution is -0.138. The van der Waals surface area contributed by atoms with Crippen LogP contribution in [0, 0.1) is 11.6 Å². The van der Waals surface area contributed by atoms with E-state index in [1.165, 1.54) is 12.3 Å². The number of aliphatic carboxylic acids is 1. The molecule has 0 bridgehead atoms. The second kappa shape index (κ2) is 7.43. The summed E-state index contributed by atoms with van der Waals surface area (Å²) < 4.78 is 28.5. The van der Waals surface area contributed by atoms with E-state index in [4.69, 9.17) is 5.11 Å². The van der Waals surface area contributed by atoms with Crippen LogP contribution < -0.4 is 5.32 Å². The second-order valence-corrected chi connectivity index (χ2v) is 6.70. The fourth-order valence-electron chi connectivity index (χ4n) is 3.07. The first-order valence-electron chi connectivity index (χ1n) is 8.97.